The number of carbonyl (C=O) groups is 1. The van der Waals surface area contributed by atoms with Crippen molar-refractivity contribution in [3.8, 4) is 0 Å². The summed E-state index contributed by atoms with van der Waals surface area (Å²) < 4.78 is 6.96. The normalized spacial score (nSPS) is 10.9. The van der Waals surface area contributed by atoms with Gasteiger partial charge in [-0.1, -0.05) is 29.3 Å². The number of fused-ring (bicyclic) bond motifs is 1. The molecule has 0 unspecified atom stereocenters. The molecule has 0 spiro atoms. The quantitative estimate of drug-likeness (QED) is 0.874. The molecule has 0 N–H and O–H groups in total. The number of halogens is 1. The predicted octanol–water partition coefficient (Wildman–Crippen LogP) is 3.19. The van der Waals surface area contributed by atoms with Gasteiger partial charge in [0.15, 0.2) is 5.58 Å². The van der Waals surface area contributed by atoms with Crippen LogP contribution in [0.15, 0.2) is 31.9 Å². The van der Waals surface area contributed by atoms with Crippen molar-refractivity contribution in [2.45, 2.75) is 26.2 Å². The number of oxazole rings is 1. The molecule has 5 heteroatoms. The van der Waals surface area contributed by atoms with Gasteiger partial charge in [-0.3, -0.25) is 4.79 Å². The summed E-state index contributed by atoms with van der Waals surface area (Å²) >= 11 is 3.29. The predicted molar refractivity (Wildman–Crippen MR) is 68.3 cm³/mol. The first-order valence-corrected chi connectivity index (χ1v) is 6.27. The van der Waals surface area contributed by atoms with Gasteiger partial charge >= 0.3 is 5.76 Å². The Hall–Kier alpha value is -1.36. The minimum Gasteiger partial charge on any atom is -0.407 e. The van der Waals surface area contributed by atoms with Crippen molar-refractivity contribution in [1.29, 1.82) is 0 Å². The zero-order valence-electron chi connectivity index (χ0n) is 9.40. The maximum Gasteiger partial charge on any atom is 0.426 e. The molecule has 0 bridgehead atoms. The molecule has 0 amide bonds. The van der Waals surface area contributed by atoms with E-state index in [1.165, 1.54) is 0 Å². The Morgan fingerprint density at radius 1 is 1.47 bits per heavy atom. The molecule has 2 aromatic rings. The fraction of sp³-hybridized carbons (Fsp3) is 0.333. The smallest absolute Gasteiger partial charge is 0.407 e. The van der Waals surface area contributed by atoms with Crippen LogP contribution in [-0.2, 0) is 0 Å². The molecule has 1 aromatic carbocycles. The summed E-state index contributed by atoms with van der Waals surface area (Å²) in [4.78, 5) is 23.5. The molecular formula is C12H12BrNO3. The van der Waals surface area contributed by atoms with Gasteiger partial charge in [-0.05, 0) is 24.6 Å². The summed E-state index contributed by atoms with van der Waals surface area (Å²) in [7, 11) is 0. The second kappa shape index (κ2) is 4.87. The number of hydrogen-bond donors (Lipinski definition) is 0. The monoisotopic (exact) mass is 297 g/mol. The zero-order chi connectivity index (χ0) is 12.4. The first-order chi connectivity index (χ1) is 8.13. The summed E-state index contributed by atoms with van der Waals surface area (Å²) in [5, 5.41) is 0. The summed E-state index contributed by atoms with van der Waals surface area (Å²) in [5.74, 6) is -0.822. The van der Waals surface area contributed by atoms with E-state index in [2.05, 4.69) is 15.9 Å². The Kier molecular flexibility index (Phi) is 3.47. The second-order valence-corrected chi connectivity index (χ2v) is 4.73. The fourth-order valence-electron chi connectivity index (χ4n) is 1.67. The van der Waals surface area contributed by atoms with Gasteiger partial charge in [0.1, 0.15) is 0 Å². The van der Waals surface area contributed by atoms with Gasteiger partial charge in [-0.25, -0.2) is 9.36 Å². The van der Waals surface area contributed by atoms with Crippen molar-refractivity contribution >= 4 is 32.9 Å². The van der Waals surface area contributed by atoms with E-state index in [1.54, 1.807) is 18.2 Å². The van der Waals surface area contributed by atoms with Crippen LogP contribution in [0.5, 0.6) is 0 Å². The zero-order valence-corrected chi connectivity index (χ0v) is 11.0. The van der Waals surface area contributed by atoms with Crippen molar-refractivity contribution in [3.05, 3.63) is 33.2 Å². The molecule has 0 atom stereocenters. The largest absolute Gasteiger partial charge is 0.426 e. The Labute approximate surface area is 106 Å². The van der Waals surface area contributed by atoms with Crippen molar-refractivity contribution < 1.29 is 9.21 Å². The number of carbonyl (C=O) groups excluding carboxylic acids is 1. The van der Waals surface area contributed by atoms with Crippen molar-refractivity contribution in [2.75, 3.05) is 0 Å². The molecule has 2 rings (SSSR count). The summed E-state index contributed by atoms with van der Waals surface area (Å²) in [6.07, 6.45) is 2.05. The number of benzene rings is 1. The highest BCUT2D eigenvalue weighted by atomic mass is 79.9. The Balaban J connectivity index is 2.50. The highest BCUT2D eigenvalue weighted by molar-refractivity contribution is 9.10. The first-order valence-electron chi connectivity index (χ1n) is 5.47. The molecular weight excluding hydrogens is 286 g/mol. The number of unbranched alkanes of at least 4 members (excludes halogenated alkanes) is 1. The van der Waals surface area contributed by atoms with E-state index < -0.39 is 5.76 Å². The average Bonchev–Trinajstić information content (AvgIpc) is 2.61. The molecule has 17 heavy (non-hydrogen) atoms. The fourth-order valence-corrected chi connectivity index (χ4v) is 2.01. The van der Waals surface area contributed by atoms with Crippen LogP contribution in [-0.4, -0.2) is 10.5 Å². The number of nitrogens with zero attached hydrogens (tertiary/aromatic N) is 1. The number of hydrogen-bond acceptors (Lipinski definition) is 3. The lowest BCUT2D eigenvalue weighted by Crippen LogP contribution is -2.22. The SMILES string of the molecule is CCCCC(=O)n1c(=O)oc2cc(Br)ccc21. The van der Waals surface area contributed by atoms with Gasteiger partial charge in [0.25, 0.3) is 0 Å². The molecule has 0 saturated carbocycles. The molecule has 1 aromatic heterocycles. The highest BCUT2D eigenvalue weighted by Crippen LogP contribution is 2.19. The van der Waals surface area contributed by atoms with E-state index >= 15 is 0 Å². The lowest BCUT2D eigenvalue weighted by atomic mass is 10.2. The highest BCUT2D eigenvalue weighted by Gasteiger charge is 2.15. The molecule has 0 aliphatic carbocycles. The summed E-state index contributed by atoms with van der Waals surface area (Å²) in [5.41, 5.74) is 0.952. The minimum atomic E-state index is -0.612. The van der Waals surface area contributed by atoms with E-state index in [1.807, 2.05) is 6.92 Å². The Bertz CT molecular complexity index is 612. The Morgan fingerprint density at radius 2 is 2.24 bits per heavy atom. The van der Waals surface area contributed by atoms with E-state index in [0.717, 1.165) is 21.9 Å². The maximum atomic E-state index is 11.9. The third-order valence-corrected chi connectivity index (χ3v) is 3.03. The summed E-state index contributed by atoms with van der Waals surface area (Å²) in [6, 6.07) is 5.16. The van der Waals surface area contributed by atoms with Gasteiger partial charge in [0, 0.05) is 10.9 Å². The third-order valence-electron chi connectivity index (χ3n) is 2.54. The van der Waals surface area contributed by atoms with Crippen LogP contribution < -0.4 is 5.76 Å². The minimum absolute atomic E-state index is 0.210. The molecule has 1 heterocycles. The van der Waals surface area contributed by atoms with Gasteiger partial charge in [0.2, 0.25) is 5.91 Å². The molecule has 90 valence electrons. The van der Waals surface area contributed by atoms with Gasteiger partial charge in [-0.2, -0.15) is 0 Å². The second-order valence-electron chi connectivity index (χ2n) is 3.81. The maximum absolute atomic E-state index is 11.9. The standard InChI is InChI=1S/C12H12BrNO3/c1-2-3-4-11(15)14-9-6-5-8(13)7-10(9)17-12(14)16/h5-7H,2-4H2,1H3. The third kappa shape index (κ3) is 2.34. The number of aromatic nitrogens is 1. The number of rotatable bonds is 3. The lowest BCUT2D eigenvalue weighted by molar-refractivity contribution is 0.0896. The molecule has 0 fully saturated rings. The van der Waals surface area contributed by atoms with Crippen LogP contribution >= 0.6 is 15.9 Å². The van der Waals surface area contributed by atoms with Crippen LogP contribution in [0.25, 0.3) is 11.1 Å². The topological polar surface area (TPSA) is 52.2 Å². The molecule has 0 aliphatic rings. The van der Waals surface area contributed by atoms with Gasteiger partial charge in [-0.15, -0.1) is 0 Å². The van der Waals surface area contributed by atoms with Crippen LogP contribution in [0.3, 0.4) is 0 Å². The first kappa shape index (κ1) is 12.1. The van der Waals surface area contributed by atoms with E-state index in [9.17, 15) is 9.59 Å². The van der Waals surface area contributed by atoms with Crippen molar-refractivity contribution in [2.24, 2.45) is 0 Å². The molecule has 4 nitrogen and oxygen atoms in total. The van der Waals surface area contributed by atoms with E-state index in [4.69, 9.17) is 4.42 Å². The molecule has 0 saturated heterocycles. The van der Waals surface area contributed by atoms with Gasteiger partial charge < -0.3 is 4.42 Å². The lowest BCUT2D eigenvalue weighted by Gasteiger charge is -1.99. The van der Waals surface area contributed by atoms with Crippen molar-refractivity contribution in [1.82, 2.24) is 4.57 Å². The van der Waals surface area contributed by atoms with Crippen LogP contribution in [0, 0.1) is 0 Å². The van der Waals surface area contributed by atoms with E-state index in [0.29, 0.717) is 17.5 Å². The van der Waals surface area contributed by atoms with Crippen LogP contribution in [0.1, 0.15) is 31.0 Å². The summed E-state index contributed by atoms with van der Waals surface area (Å²) in [6.45, 7) is 2.00. The average molecular weight is 298 g/mol. The Morgan fingerprint density at radius 3 is 2.94 bits per heavy atom. The molecule has 0 radical (unpaired) electrons. The van der Waals surface area contributed by atoms with Gasteiger partial charge in [0.05, 0.1) is 5.52 Å². The van der Waals surface area contributed by atoms with Crippen molar-refractivity contribution in [3.63, 3.8) is 0 Å². The van der Waals surface area contributed by atoms with E-state index in [-0.39, 0.29) is 5.91 Å². The molecule has 0 aliphatic heterocycles. The van der Waals surface area contributed by atoms with Crippen LogP contribution in [0.2, 0.25) is 0 Å². The van der Waals surface area contributed by atoms with Crippen LogP contribution in [0.4, 0.5) is 0 Å².